The quantitative estimate of drug-likeness (QED) is 0.319. The molecule has 3 heteroatoms. The van der Waals surface area contributed by atoms with Gasteiger partial charge in [-0.05, 0) is 60.1 Å². The van der Waals surface area contributed by atoms with Crippen molar-refractivity contribution in [2.45, 2.75) is 57.3 Å². The van der Waals surface area contributed by atoms with Crippen molar-refractivity contribution in [2.75, 3.05) is 27.3 Å². The van der Waals surface area contributed by atoms with Gasteiger partial charge in [0.05, 0.1) is 0 Å². The number of halogens is 1. The zero-order valence-corrected chi connectivity index (χ0v) is 19.0. The maximum Gasteiger partial charge on any atom is 0.126 e. The van der Waals surface area contributed by atoms with Crippen LogP contribution in [0.4, 0.5) is 4.39 Å². The topological polar surface area (TPSA) is 12.5 Å². The summed E-state index contributed by atoms with van der Waals surface area (Å²) in [5, 5.41) is 0. The van der Waals surface area contributed by atoms with Gasteiger partial charge in [0.15, 0.2) is 0 Å². The first-order chi connectivity index (χ1) is 14.5. The molecule has 30 heavy (non-hydrogen) atoms. The molecular weight excluding hydrogens is 373 g/mol. The van der Waals surface area contributed by atoms with Crippen molar-refractivity contribution < 1.29 is 9.13 Å². The van der Waals surface area contributed by atoms with Gasteiger partial charge in [-0.25, -0.2) is 4.39 Å². The first-order valence-corrected chi connectivity index (χ1v) is 11.1. The summed E-state index contributed by atoms with van der Waals surface area (Å²) in [6, 6.07) is 15.7. The van der Waals surface area contributed by atoms with Crippen LogP contribution in [0.2, 0.25) is 0 Å². The minimum atomic E-state index is -0.124. The predicted molar refractivity (Wildman–Crippen MR) is 125 cm³/mol. The molecular formula is C27H38FNO. The molecule has 0 saturated carbocycles. The van der Waals surface area contributed by atoms with E-state index in [1.807, 2.05) is 18.3 Å². The van der Waals surface area contributed by atoms with E-state index in [4.69, 9.17) is 4.74 Å². The van der Waals surface area contributed by atoms with Crippen LogP contribution in [0, 0.1) is 5.82 Å². The summed E-state index contributed by atoms with van der Waals surface area (Å²) in [4.78, 5) is 2.14. The lowest BCUT2D eigenvalue weighted by molar-refractivity contribution is 0.188. The van der Waals surface area contributed by atoms with Crippen LogP contribution in [0.1, 0.15) is 62.1 Å². The first kappa shape index (κ1) is 24.1. The van der Waals surface area contributed by atoms with Crippen LogP contribution < -0.4 is 0 Å². The minimum absolute atomic E-state index is 0.0718. The predicted octanol–water partition coefficient (Wildman–Crippen LogP) is 6.74. The normalized spacial score (nSPS) is 13.1. The van der Waals surface area contributed by atoms with E-state index < -0.39 is 0 Å². The Morgan fingerprint density at radius 3 is 2.27 bits per heavy atom. The van der Waals surface area contributed by atoms with Crippen molar-refractivity contribution in [1.82, 2.24) is 4.90 Å². The minimum Gasteiger partial charge on any atom is -0.385 e. The molecule has 0 N–H and O–H groups in total. The smallest absolute Gasteiger partial charge is 0.126 e. The van der Waals surface area contributed by atoms with E-state index in [1.165, 1.54) is 11.1 Å². The Bertz CT molecular complexity index is 775. The summed E-state index contributed by atoms with van der Waals surface area (Å²) in [6.07, 6.45) is 9.26. The van der Waals surface area contributed by atoms with Gasteiger partial charge < -0.3 is 9.64 Å². The van der Waals surface area contributed by atoms with Crippen molar-refractivity contribution in [2.24, 2.45) is 0 Å². The highest BCUT2D eigenvalue weighted by atomic mass is 19.1. The molecule has 0 bridgehead atoms. The molecule has 0 fully saturated rings. The first-order valence-electron chi connectivity index (χ1n) is 11.1. The van der Waals surface area contributed by atoms with Crippen molar-refractivity contribution >= 4 is 0 Å². The second-order valence-corrected chi connectivity index (χ2v) is 8.56. The van der Waals surface area contributed by atoms with Gasteiger partial charge in [-0.2, -0.15) is 0 Å². The SMILES string of the molecule is C=CN(C)CCCCC(C)(CCCCOC)c1ccccc1Cc1ccccc1F. The van der Waals surface area contributed by atoms with Gasteiger partial charge in [0.2, 0.25) is 0 Å². The van der Waals surface area contributed by atoms with E-state index in [9.17, 15) is 4.39 Å². The Labute approximate surface area is 182 Å². The zero-order chi connectivity index (χ0) is 21.8. The van der Waals surface area contributed by atoms with Gasteiger partial charge in [0.1, 0.15) is 5.82 Å². The van der Waals surface area contributed by atoms with E-state index >= 15 is 0 Å². The fourth-order valence-corrected chi connectivity index (χ4v) is 4.23. The molecule has 1 atom stereocenters. The van der Waals surface area contributed by atoms with E-state index in [1.54, 1.807) is 19.2 Å². The van der Waals surface area contributed by atoms with Crippen molar-refractivity contribution in [3.8, 4) is 0 Å². The van der Waals surface area contributed by atoms with Gasteiger partial charge in [-0.1, -0.05) is 68.8 Å². The molecule has 0 spiro atoms. The van der Waals surface area contributed by atoms with Crippen molar-refractivity contribution in [3.05, 3.63) is 83.8 Å². The molecule has 0 saturated heterocycles. The van der Waals surface area contributed by atoms with Gasteiger partial charge in [-0.15, -0.1) is 0 Å². The lowest BCUT2D eigenvalue weighted by Crippen LogP contribution is -2.25. The molecule has 0 aliphatic heterocycles. The maximum absolute atomic E-state index is 14.3. The summed E-state index contributed by atoms with van der Waals surface area (Å²) < 4.78 is 19.6. The number of unbranched alkanes of at least 4 members (excludes halogenated alkanes) is 2. The molecule has 0 aliphatic rings. The van der Waals surface area contributed by atoms with Crippen LogP contribution in [-0.4, -0.2) is 32.2 Å². The third-order valence-electron chi connectivity index (χ3n) is 6.13. The molecule has 2 nitrogen and oxygen atoms in total. The highest BCUT2D eigenvalue weighted by molar-refractivity contribution is 5.38. The number of ether oxygens (including phenoxy) is 1. The molecule has 0 heterocycles. The number of hydrogen-bond acceptors (Lipinski definition) is 2. The molecule has 2 aromatic rings. The maximum atomic E-state index is 14.3. The highest BCUT2D eigenvalue weighted by Crippen LogP contribution is 2.37. The Morgan fingerprint density at radius 2 is 1.60 bits per heavy atom. The molecule has 0 aliphatic carbocycles. The van der Waals surface area contributed by atoms with Crippen LogP contribution >= 0.6 is 0 Å². The Morgan fingerprint density at radius 1 is 0.967 bits per heavy atom. The molecule has 2 aromatic carbocycles. The molecule has 1 unspecified atom stereocenters. The third-order valence-corrected chi connectivity index (χ3v) is 6.13. The Kier molecular flexibility index (Phi) is 10.1. The summed E-state index contributed by atoms with van der Waals surface area (Å²) in [5.41, 5.74) is 3.43. The lowest BCUT2D eigenvalue weighted by atomic mass is 9.72. The van der Waals surface area contributed by atoms with Crippen LogP contribution in [0.15, 0.2) is 61.3 Å². The second-order valence-electron chi connectivity index (χ2n) is 8.56. The van der Waals surface area contributed by atoms with Gasteiger partial charge in [0, 0.05) is 33.7 Å². The van der Waals surface area contributed by atoms with E-state index in [2.05, 4.69) is 49.7 Å². The van der Waals surface area contributed by atoms with Crippen LogP contribution in [0.3, 0.4) is 0 Å². The lowest BCUT2D eigenvalue weighted by Gasteiger charge is -2.33. The Hall–Kier alpha value is -2.13. The zero-order valence-electron chi connectivity index (χ0n) is 19.0. The average Bonchev–Trinajstić information content (AvgIpc) is 2.76. The van der Waals surface area contributed by atoms with Crippen molar-refractivity contribution in [1.29, 1.82) is 0 Å². The second kappa shape index (κ2) is 12.5. The largest absolute Gasteiger partial charge is 0.385 e. The van der Waals surface area contributed by atoms with E-state index in [-0.39, 0.29) is 11.2 Å². The van der Waals surface area contributed by atoms with Gasteiger partial charge in [-0.3, -0.25) is 0 Å². The monoisotopic (exact) mass is 411 g/mol. The molecule has 0 radical (unpaired) electrons. The number of benzene rings is 2. The van der Waals surface area contributed by atoms with Crippen LogP contribution in [0.25, 0.3) is 0 Å². The average molecular weight is 412 g/mol. The summed E-state index contributed by atoms with van der Waals surface area (Å²) in [6.45, 7) is 8.05. The third kappa shape index (κ3) is 7.28. The van der Waals surface area contributed by atoms with Gasteiger partial charge >= 0.3 is 0 Å². The Balaban J connectivity index is 2.21. The fraction of sp³-hybridized carbons (Fsp3) is 0.481. The number of methoxy groups -OCH3 is 1. The highest BCUT2D eigenvalue weighted by Gasteiger charge is 2.28. The summed E-state index contributed by atoms with van der Waals surface area (Å²) in [7, 11) is 3.83. The van der Waals surface area contributed by atoms with E-state index in [0.29, 0.717) is 6.42 Å². The molecule has 0 amide bonds. The van der Waals surface area contributed by atoms with Crippen LogP contribution in [-0.2, 0) is 16.6 Å². The molecule has 164 valence electrons. The van der Waals surface area contributed by atoms with Crippen LogP contribution in [0.5, 0.6) is 0 Å². The van der Waals surface area contributed by atoms with Gasteiger partial charge in [0.25, 0.3) is 0 Å². The fourth-order valence-electron chi connectivity index (χ4n) is 4.23. The molecule has 0 aromatic heterocycles. The summed E-state index contributed by atoms with van der Waals surface area (Å²) >= 11 is 0. The number of hydrogen-bond donors (Lipinski definition) is 0. The number of nitrogens with zero attached hydrogens (tertiary/aromatic N) is 1. The van der Waals surface area contributed by atoms with Crippen molar-refractivity contribution in [3.63, 3.8) is 0 Å². The number of rotatable bonds is 14. The standard InChI is InChI=1S/C27H38FNO/c1-5-29(3)20-12-10-18-27(2,19-11-13-21-30-4)25-16-8-6-14-23(25)22-24-15-7-9-17-26(24)28/h5-9,14-17H,1,10-13,18-22H2,2-4H3. The molecule has 2 rings (SSSR count). The van der Waals surface area contributed by atoms with E-state index in [0.717, 1.165) is 57.2 Å². The summed E-state index contributed by atoms with van der Waals surface area (Å²) in [5.74, 6) is -0.124.